The first-order valence-electron chi connectivity index (χ1n) is 2.92. The van der Waals surface area contributed by atoms with Gasteiger partial charge >= 0.3 is 0 Å². The second-order valence-corrected chi connectivity index (χ2v) is 1.59. The molecule has 0 spiro atoms. The summed E-state index contributed by atoms with van der Waals surface area (Å²) in [4.78, 5) is 9.93. The molecule has 0 saturated carbocycles. The van der Waals surface area contributed by atoms with Crippen molar-refractivity contribution in [2.45, 2.75) is 26.7 Å². The summed E-state index contributed by atoms with van der Waals surface area (Å²) < 4.78 is 0. The van der Waals surface area contributed by atoms with Crippen molar-refractivity contribution in [2.24, 2.45) is 0 Å². The van der Waals surface area contributed by atoms with Crippen molar-refractivity contribution >= 4 is 6.29 Å². The minimum Gasteiger partial charge on any atom is -0.285 e. The molecule has 0 bridgehead atoms. The molecule has 0 rings (SSSR count). The van der Waals surface area contributed by atoms with Crippen LogP contribution in [0.3, 0.4) is 0 Å². The monoisotopic (exact) mass is 111 g/mol. The molecule has 0 aromatic heterocycles. The van der Waals surface area contributed by atoms with Crippen molar-refractivity contribution in [3.05, 3.63) is 11.6 Å². The van der Waals surface area contributed by atoms with E-state index in [4.69, 9.17) is 0 Å². The SMILES string of the molecule is CC/C=C(\[C]=O)CC. The lowest BCUT2D eigenvalue weighted by Crippen LogP contribution is -1.79. The van der Waals surface area contributed by atoms with Gasteiger partial charge < -0.3 is 0 Å². The quantitative estimate of drug-likeness (QED) is 0.508. The van der Waals surface area contributed by atoms with Gasteiger partial charge in [-0.2, -0.15) is 0 Å². The Balaban J connectivity index is 3.66. The number of rotatable bonds is 3. The van der Waals surface area contributed by atoms with E-state index in [9.17, 15) is 4.79 Å². The molecule has 0 fully saturated rings. The van der Waals surface area contributed by atoms with Crippen LogP contribution >= 0.6 is 0 Å². The maximum absolute atomic E-state index is 9.93. The second kappa shape index (κ2) is 4.57. The fourth-order valence-electron chi connectivity index (χ4n) is 0.505. The summed E-state index contributed by atoms with van der Waals surface area (Å²) in [5.41, 5.74) is 0.785. The van der Waals surface area contributed by atoms with Crippen molar-refractivity contribution < 1.29 is 4.79 Å². The minimum atomic E-state index is 0.785. The van der Waals surface area contributed by atoms with Gasteiger partial charge in [0.25, 0.3) is 0 Å². The van der Waals surface area contributed by atoms with Crippen molar-refractivity contribution in [1.82, 2.24) is 0 Å². The first-order valence-corrected chi connectivity index (χ1v) is 2.92. The Morgan fingerprint density at radius 2 is 2.25 bits per heavy atom. The molecule has 0 N–H and O–H groups in total. The minimum absolute atomic E-state index is 0.785. The summed E-state index contributed by atoms with van der Waals surface area (Å²) in [5.74, 6) is 0. The molecule has 0 aromatic rings. The highest BCUT2D eigenvalue weighted by Gasteiger charge is 1.86. The summed E-state index contributed by atoms with van der Waals surface area (Å²) in [6, 6.07) is 0. The highest BCUT2D eigenvalue weighted by Crippen LogP contribution is 1.96. The van der Waals surface area contributed by atoms with E-state index in [1.54, 1.807) is 0 Å². The standard InChI is InChI=1S/C7H11O/c1-3-5-7(4-2)6-8/h5H,3-4H2,1-2H3/b7-5-. The smallest absolute Gasteiger partial charge is 0.228 e. The first kappa shape index (κ1) is 7.41. The number of allylic oxidation sites excluding steroid dienone is 2. The van der Waals surface area contributed by atoms with Crippen LogP contribution in [0.25, 0.3) is 0 Å². The first-order chi connectivity index (χ1) is 3.85. The van der Waals surface area contributed by atoms with E-state index in [-0.39, 0.29) is 0 Å². The highest BCUT2D eigenvalue weighted by molar-refractivity contribution is 5.73. The molecule has 0 aromatic carbocycles. The predicted octanol–water partition coefficient (Wildman–Crippen LogP) is 1.84. The molecular formula is C7H11O. The Labute approximate surface area is 50.4 Å². The third-order valence-corrected chi connectivity index (χ3v) is 0.963. The molecule has 0 aliphatic heterocycles. The zero-order chi connectivity index (χ0) is 6.41. The van der Waals surface area contributed by atoms with Crippen molar-refractivity contribution in [2.75, 3.05) is 0 Å². The summed E-state index contributed by atoms with van der Waals surface area (Å²) in [6.07, 6.45) is 5.49. The van der Waals surface area contributed by atoms with Crippen molar-refractivity contribution in [3.63, 3.8) is 0 Å². The zero-order valence-electron chi connectivity index (χ0n) is 5.40. The van der Waals surface area contributed by atoms with Crippen LogP contribution in [0.4, 0.5) is 0 Å². The molecule has 1 heteroatoms. The summed E-state index contributed by atoms with van der Waals surface area (Å²) >= 11 is 0. The Hall–Kier alpha value is -0.590. The normalized spacial score (nSPS) is 11.5. The maximum Gasteiger partial charge on any atom is 0.228 e. The molecule has 0 aliphatic rings. The zero-order valence-corrected chi connectivity index (χ0v) is 5.40. The van der Waals surface area contributed by atoms with E-state index >= 15 is 0 Å². The Kier molecular flexibility index (Phi) is 4.23. The van der Waals surface area contributed by atoms with Crippen LogP contribution in [0, 0.1) is 0 Å². The van der Waals surface area contributed by atoms with Crippen LogP contribution in [-0.4, -0.2) is 6.29 Å². The Morgan fingerprint density at radius 3 is 2.38 bits per heavy atom. The van der Waals surface area contributed by atoms with Crippen LogP contribution in [-0.2, 0) is 4.79 Å². The van der Waals surface area contributed by atoms with Crippen LogP contribution in [0.2, 0.25) is 0 Å². The topological polar surface area (TPSA) is 17.1 Å². The van der Waals surface area contributed by atoms with Gasteiger partial charge in [-0.15, -0.1) is 0 Å². The largest absolute Gasteiger partial charge is 0.285 e. The fraction of sp³-hybridized carbons (Fsp3) is 0.571. The van der Waals surface area contributed by atoms with Crippen LogP contribution in [0.15, 0.2) is 11.6 Å². The summed E-state index contributed by atoms with van der Waals surface area (Å²) in [6.45, 7) is 3.96. The average Bonchev–Trinajstić information content (AvgIpc) is 1.83. The lowest BCUT2D eigenvalue weighted by atomic mass is 10.2. The molecule has 0 unspecified atom stereocenters. The third kappa shape index (κ3) is 2.56. The lowest BCUT2D eigenvalue weighted by Gasteiger charge is -1.86. The number of carbonyl (C=O) groups excluding carboxylic acids is 1. The number of hydrogen-bond acceptors (Lipinski definition) is 1. The predicted molar refractivity (Wildman–Crippen MR) is 34.4 cm³/mol. The van der Waals surface area contributed by atoms with E-state index in [2.05, 4.69) is 0 Å². The molecule has 0 atom stereocenters. The molecule has 0 heterocycles. The lowest BCUT2D eigenvalue weighted by molar-refractivity contribution is 0.560. The molecule has 0 amide bonds. The van der Waals surface area contributed by atoms with Crippen molar-refractivity contribution in [3.8, 4) is 0 Å². The van der Waals surface area contributed by atoms with Gasteiger partial charge in [0.1, 0.15) is 0 Å². The van der Waals surface area contributed by atoms with Gasteiger partial charge in [0.2, 0.25) is 6.29 Å². The average molecular weight is 111 g/mol. The molecular weight excluding hydrogens is 100 g/mol. The highest BCUT2D eigenvalue weighted by atomic mass is 16.1. The van der Waals surface area contributed by atoms with Gasteiger partial charge in [0.15, 0.2) is 0 Å². The van der Waals surface area contributed by atoms with E-state index in [1.807, 2.05) is 26.2 Å². The van der Waals surface area contributed by atoms with Gasteiger partial charge in [-0.25, -0.2) is 0 Å². The Bertz CT molecular complexity index is 92.6. The van der Waals surface area contributed by atoms with Crippen molar-refractivity contribution in [1.29, 1.82) is 0 Å². The van der Waals surface area contributed by atoms with E-state index in [1.165, 1.54) is 0 Å². The number of hydrogen-bond donors (Lipinski definition) is 0. The summed E-state index contributed by atoms with van der Waals surface area (Å²) in [7, 11) is 0. The van der Waals surface area contributed by atoms with E-state index in [0.717, 1.165) is 18.4 Å². The molecule has 0 aliphatic carbocycles. The van der Waals surface area contributed by atoms with Gasteiger partial charge in [-0.1, -0.05) is 19.9 Å². The molecule has 8 heavy (non-hydrogen) atoms. The second-order valence-electron chi connectivity index (χ2n) is 1.59. The fourth-order valence-corrected chi connectivity index (χ4v) is 0.505. The van der Waals surface area contributed by atoms with E-state index < -0.39 is 0 Å². The van der Waals surface area contributed by atoms with Crippen LogP contribution in [0.1, 0.15) is 26.7 Å². The molecule has 0 saturated heterocycles. The van der Waals surface area contributed by atoms with Gasteiger partial charge in [-0.3, -0.25) is 4.79 Å². The Morgan fingerprint density at radius 1 is 1.62 bits per heavy atom. The molecule has 45 valence electrons. The van der Waals surface area contributed by atoms with Gasteiger partial charge in [0, 0.05) is 0 Å². The van der Waals surface area contributed by atoms with Gasteiger partial charge in [-0.05, 0) is 18.4 Å². The molecule has 1 nitrogen and oxygen atoms in total. The van der Waals surface area contributed by atoms with Gasteiger partial charge in [0.05, 0.1) is 0 Å². The maximum atomic E-state index is 9.93. The summed E-state index contributed by atoms with van der Waals surface area (Å²) in [5, 5.41) is 0. The van der Waals surface area contributed by atoms with E-state index in [0.29, 0.717) is 0 Å². The molecule has 1 radical (unpaired) electrons. The van der Waals surface area contributed by atoms with Crippen LogP contribution < -0.4 is 0 Å². The third-order valence-electron chi connectivity index (χ3n) is 0.963. The van der Waals surface area contributed by atoms with Crippen LogP contribution in [0.5, 0.6) is 0 Å².